The van der Waals surface area contributed by atoms with E-state index in [2.05, 4.69) is 6.07 Å². The molecule has 2 heterocycles. The van der Waals surface area contributed by atoms with Gasteiger partial charge in [-0.15, -0.1) is 0 Å². The first-order valence-electron chi connectivity index (χ1n) is 8.40. The van der Waals surface area contributed by atoms with Crippen LogP contribution < -0.4 is 0 Å². The highest BCUT2D eigenvalue weighted by molar-refractivity contribution is 5.86. The van der Waals surface area contributed by atoms with Gasteiger partial charge in [-0.3, -0.25) is 9.59 Å². The van der Waals surface area contributed by atoms with E-state index in [0.29, 0.717) is 12.3 Å². The van der Waals surface area contributed by atoms with Crippen LogP contribution in [0.5, 0.6) is 0 Å². The molecule has 1 atom stereocenters. The molecule has 1 N–H and O–H groups in total. The fraction of sp³-hybridized carbons (Fsp3) is 0.556. The maximum Gasteiger partial charge on any atom is 0.242 e. The fourth-order valence-corrected chi connectivity index (χ4v) is 3.55. The molecular weight excluding hydrogens is 292 g/mol. The Labute approximate surface area is 136 Å². The Morgan fingerprint density at radius 1 is 1.26 bits per heavy atom. The summed E-state index contributed by atoms with van der Waals surface area (Å²) in [6.07, 6.45) is 3.39. The van der Waals surface area contributed by atoms with Crippen molar-refractivity contribution in [2.24, 2.45) is 5.92 Å². The Kier molecular flexibility index (Phi) is 4.96. The molecular formula is C18H24N2O3. The molecule has 2 aliphatic heterocycles. The standard InChI is InChI=1S/C18H24N2O3/c21-13-16-4-1-3-14(10-16)9-15-6-8-20(11-15)18(23)12-19-7-2-5-17(19)22/h1,3-4,10,15,21H,2,5-9,11-13H2/t15-/m0/s1. The van der Waals surface area contributed by atoms with Crippen LogP contribution in [-0.4, -0.2) is 52.9 Å². The van der Waals surface area contributed by atoms with Crippen molar-refractivity contribution in [3.05, 3.63) is 35.4 Å². The minimum Gasteiger partial charge on any atom is -0.392 e. The minimum atomic E-state index is 0.0625. The van der Waals surface area contributed by atoms with Crippen molar-refractivity contribution < 1.29 is 14.7 Å². The maximum absolute atomic E-state index is 12.3. The van der Waals surface area contributed by atoms with Crippen molar-refractivity contribution in [2.75, 3.05) is 26.2 Å². The normalized spacial score (nSPS) is 21.3. The number of aliphatic hydroxyl groups is 1. The van der Waals surface area contributed by atoms with Gasteiger partial charge in [-0.05, 0) is 36.3 Å². The zero-order valence-corrected chi connectivity index (χ0v) is 13.4. The van der Waals surface area contributed by atoms with Gasteiger partial charge in [0.25, 0.3) is 0 Å². The van der Waals surface area contributed by atoms with E-state index in [9.17, 15) is 14.7 Å². The summed E-state index contributed by atoms with van der Waals surface area (Å²) in [5.41, 5.74) is 2.14. The first kappa shape index (κ1) is 16.0. The van der Waals surface area contributed by atoms with Crippen LogP contribution in [0.3, 0.4) is 0 Å². The first-order valence-corrected chi connectivity index (χ1v) is 8.40. The molecule has 124 valence electrons. The molecule has 0 aromatic heterocycles. The van der Waals surface area contributed by atoms with E-state index in [-0.39, 0.29) is 25.0 Å². The van der Waals surface area contributed by atoms with Crippen molar-refractivity contribution in [1.82, 2.24) is 9.80 Å². The smallest absolute Gasteiger partial charge is 0.242 e. The molecule has 2 saturated heterocycles. The van der Waals surface area contributed by atoms with E-state index < -0.39 is 0 Å². The quantitative estimate of drug-likeness (QED) is 0.888. The third-order valence-electron chi connectivity index (χ3n) is 4.83. The molecule has 0 bridgehead atoms. The molecule has 5 heteroatoms. The van der Waals surface area contributed by atoms with Gasteiger partial charge in [0.15, 0.2) is 0 Å². The van der Waals surface area contributed by atoms with Crippen molar-refractivity contribution in [3.8, 4) is 0 Å². The van der Waals surface area contributed by atoms with Gasteiger partial charge in [-0.1, -0.05) is 24.3 Å². The number of carbonyl (C=O) groups excluding carboxylic acids is 2. The summed E-state index contributed by atoms with van der Waals surface area (Å²) in [5, 5.41) is 9.21. The predicted octanol–water partition coefficient (Wildman–Crippen LogP) is 1.19. The van der Waals surface area contributed by atoms with Crippen molar-refractivity contribution in [3.63, 3.8) is 0 Å². The fourth-order valence-electron chi connectivity index (χ4n) is 3.55. The SMILES string of the molecule is O=C1CCCN1CC(=O)N1CC[C@@H](Cc2cccc(CO)c2)C1. The molecule has 2 fully saturated rings. The number of hydrogen-bond donors (Lipinski definition) is 1. The summed E-state index contributed by atoms with van der Waals surface area (Å²) < 4.78 is 0. The molecule has 3 rings (SSSR count). The number of nitrogens with zero attached hydrogens (tertiary/aromatic N) is 2. The highest BCUT2D eigenvalue weighted by atomic mass is 16.3. The number of rotatable bonds is 5. The second-order valence-electron chi connectivity index (χ2n) is 6.60. The number of carbonyl (C=O) groups is 2. The third-order valence-corrected chi connectivity index (χ3v) is 4.83. The van der Waals surface area contributed by atoms with Crippen LogP contribution in [-0.2, 0) is 22.6 Å². The Balaban J connectivity index is 1.51. The van der Waals surface area contributed by atoms with Gasteiger partial charge in [-0.25, -0.2) is 0 Å². The lowest BCUT2D eigenvalue weighted by Gasteiger charge is -2.21. The lowest BCUT2D eigenvalue weighted by atomic mass is 9.97. The largest absolute Gasteiger partial charge is 0.392 e. The van der Waals surface area contributed by atoms with Gasteiger partial charge in [0.1, 0.15) is 0 Å². The first-order chi connectivity index (χ1) is 11.2. The summed E-state index contributed by atoms with van der Waals surface area (Å²) in [4.78, 5) is 27.5. The molecule has 0 aliphatic carbocycles. The van der Waals surface area contributed by atoms with Crippen LogP contribution in [0.2, 0.25) is 0 Å². The molecule has 0 radical (unpaired) electrons. The van der Waals surface area contributed by atoms with Crippen LogP contribution in [0.25, 0.3) is 0 Å². The van der Waals surface area contributed by atoms with Crippen LogP contribution in [0.4, 0.5) is 0 Å². The number of aliphatic hydroxyl groups excluding tert-OH is 1. The van der Waals surface area contributed by atoms with E-state index in [4.69, 9.17) is 0 Å². The van der Waals surface area contributed by atoms with Crippen LogP contribution in [0.1, 0.15) is 30.4 Å². The van der Waals surface area contributed by atoms with Gasteiger partial charge in [0, 0.05) is 26.1 Å². The summed E-state index contributed by atoms with van der Waals surface area (Å²) in [6, 6.07) is 8.00. The zero-order valence-electron chi connectivity index (χ0n) is 13.4. The lowest BCUT2D eigenvalue weighted by Crippen LogP contribution is -2.39. The van der Waals surface area contributed by atoms with Gasteiger partial charge < -0.3 is 14.9 Å². The molecule has 1 aromatic carbocycles. The summed E-state index contributed by atoms with van der Waals surface area (Å²) in [6.45, 7) is 2.57. The summed E-state index contributed by atoms with van der Waals surface area (Å²) >= 11 is 0. The van der Waals surface area contributed by atoms with E-state index in [0.717, 1.165) is 44.5 Å². The number of amides is 2. The molecule has 5 nitrogen and oxygen atoms in total. The predicted molar refractivity (Wildman–Crippen MR) is 86.6 cm³/mol. The van der Waals surface area contributed by atoms with E-state index in [1.54, 1.807) is 4.90 Å². The van der Waals surface area contributed by atoms with E-state index in [1.165, 1.54) is 5.56 Å². The number of likely N-dealkylation sites (tertiary alicyclic amines) is 2. The average molecular weight is 316 g/mol. The summed E-state index contributed by atoms with van der Waals surface area (Å²) in [5.74, 6) is 0.643. The second-order valence-corrected chi connectivity index (χ2v) is 6.60. The number of benzene rings is 1. The Bertz CT molecular complexity index is 587. The van der Waals surface area contributed by atoms with Gasteiger partial charge in [0.05, 0.1) is 13.2 Å². The van der Waals surface area contributed by atoms with Crippen LogP contribution in [0, 0.1) is 5.92 Å². The second kappa shape index (κ2) is 7.13. The third kappa shape index (κ3) is 3.91. The lowest BCUT2D eigenvalue weighted by molar-refractivity contribution is -0.137. The molecule has 0 saturated carbocycles. The Morgan fingerprint density at radius 3 is 2.83 bits per heavy atom. The van der Waals surface area contributed by atoms with Crippen molar-refractivity contribution >= 4 is 11.8 Å². The number of hydrogen-bond acceptors (Lipinski definition) is 3. The van der Waals surface area contributed by atoms with E-state index in [1.807, 2.05) is 23.1 Å². The maximum atomic E-state index is 12.3. The van der Waals surface area contributed by atoms with Crippen LogP contribution in [0.15, 0.2) is 24.3 Å². The highest BCUT2D eigenvalue weighted by Crippen LogP contribution is 2.22. The minimum absolute atomic E-state index is 0.0625. The van der Waals surface area contributed by atoms with Gasteiger partial charge in [0.2, 0.25) is 11.8 Å². The van der Waals surface area contributed by atoms with Crippen molar-refractivity contribution in [1.29, 1.82) is 0 Å². The molecule has 0 spiro atoms. The van der Waals surface area contributed by atoms with Gasteiger partial charge >= 0.3 is 0 Å². The monoisotopic (exact) mass is 316 g/mol. The molecule has 1 aromatic rings. The molecule has 2 aliphatic rings. The Hall–Kier alpha value is -1.88. The average Bonchev–Trinajstić information content (AvgIpc) is 3.17. The molecule has 0 unspecified atom stereocenters. The van der Waals surface area contributed by atoms with E-state index >= 15 is 0 Å². The zero-order chi connectivity index (χ0) is 16.2. The van der Waals surface area contributed by atoms with Crippen LogP contribution >= 0.6 is 0 Å². The molecule has 23 heavy (non-hydrogen) atoms. The van der Waals surface area contributed by atoms with Crippen molar-refractivity contribution in [2.45, 2.75) is 32.3 Å². The highest BCUT2D eigenvalue weighted by Gasteiger charge is 2.29. The topological polar surface area (TPSA) is 60.9 Å². The Morgan fingerprint density at radius 2 is 2.09 bits per heavy atom. The summed E-state index contributed by atoms with van der Waals surface area (Å²) in [7, 11) is 0. The molecule has 2 amide bonds. The van der Waals surface area contributed by atoms with Gasteiger partial charge in [-0.2, -0.15) is 0 Å².